The van der Waals surface area contributed by atoms with Crippen LogP contribution in [-0.4, -0.2) is 38.1 Å². The van der Waals surface area contributed by atoms with Crippen LogP contribution < -0.4 is 15.5 Å². The molecule has 1 aliphatic carbocycles. The number of aromatic nitrogens is 1. The molecule has 1 heterocycles. The smallest absolute Gasteiger partial charge is 0.251 e. The lowest BCUT2D eigenvalue weighted by molar-refractivity contribution is 0.0953. The maximum Gasteiger partial charge on any atom is 0.251 e. The number of amides is 1. The van der Waals surface area contributed by atoms with Crippen molar-refractivity contribution in [2.45, 2.75) is 32.1 Å². The second kappa shape index (κ2) is 10.5. The van der Waals surface area contributed by atoms with Gasteiger partial charge in [0.15, 0.2) is 0 Å². The number of rotatable bonds is 7. The summed E-state index contributed by atoms with van der Waals surface area (Å²) in [6.07, 6.45) is 5.48. The van der Waals surface area contributed by atoms with Gasteiger partial charge in [0.25, 0.3) is 5.91 Å². The maximum absolute atomic E-state index is 12.4. The number of carbonyl (C=O) groups excluding carboxylic acids is 1. The number of carbonyl (C=O) groups is 1. The van der Waals surface area contributed by atoms with Crippen LogP contribution >= 0.6 is 12.4 Å². The Hall–Kier alpha value is -2.79. The van der Waals surface area contributed by atoms with Crippen LogP contribution in [0.15, 0.2) is 48.5 Å². The van der Waals surface area contributed by atoms with Gasteiger partial charge >= 0.3 is 0 Å². The normalized spacial score (nSPS) is 12.6. The number of nitrogens with one attached hydrogen (secondary N) is 2. The van der Waals surface area contributed by atoms with Gasteiger partial charge in [0, 0.05) is 55.2 Å². The van der Waals surface area contributed by atoms with Gasteiger partial charge in [-0.15, -0.1) is 12.4 Å². The number of benzene rings is 2. The molecule has 2 N–H and O–H groups in total. The Morgan fingerprint density at radius 1 is 1.00 bits per heavy atom. The molecular weight excluding hydrogens is 408 g/mol. The quantitative estimate of drug-likeness (QED) is 0.518. The molecule has 164 valence electrons. The Labute approximate surface area is 190 Å². The Morgan fingerprint density at radius 3 is 2.52 bits per heavy atom. The standard InChI is InChI=1S/C25H30N4O.ClH/c1-29(2)19-14-12-18(13-15-19)25(30)27-17-7-16-26-24-20-8-3-5-10-22(20)28-23-11-6-4-9-21(23)24;/h3,5,8,10,12-15H,4,6-7,9,11,16-17H2,1-2H3,(H,26,28)(H,27,30);1H. The molecule has 2 aromatic carbocycles. The molecule has 31 heavy (non-hydrogen) atoms. The summed E-state index contributed by atoms with van der Waals surface area (Å²) in [5, 5.41) is 7.88. The fraction of sp³-hybridized carbons (Fsp3) is 0.360. The molecule has 0 spiro atoms. The molecule has 5 nitrogen and oxygen atoms in total. The summed E-state index contributed by atoms with van der Waals surface area (Å²) >= 11 is 0. The highest BCUT2D eigenvalue weighted by Gasteiger charge is 2.17. The van der Waals surface area contributed by atoms with Crippen molar-refractivity contribution in [3.8, 4) is 0 Å². The van der Waals surface area contributed by atoms with Crippen molar-refractivity contribution in [3.63, 3.8) is 0 Å². The van der Waals surface area contributed by atoms with E-state index in [1.165, 1.54) is 35.2 Å². The van der Waals surface area contributed by atoms with E-state index in [-0.39, 0.29) is 18.3 Å². The number of hydrogen-bond donors (Lipinski definition) is 2. The van der Waals surface area contributed by atoms with Crippen LogP contribution in [0.3, 0.4) is 0 Å². The van der Waals surface area contributed by atoms with Gasteiger partial charge < -0.3 is 15.5 Å². The lowest BCUT2D eigenvalue weighted by Gasteiger charge is -2.21. The molecule has 0 aliphatic heterocycles. The van der Waals surface area contributed by atoms with E-state index in [0.717, 1.165) is 37.0 Å². The fourth-order valence-corrected chi connectivity index (χ4v) is 4.09. The molecule has 0 unspecified atom stereocenters. The highest BCUT2D eigenvalue weighted by molar-refractivity contribution is 5.95. The molecule has 0 saturated heterocycles. The van der Waals surface area contributed by atoms with E-state index >= 15 is 0 Å². The first kappa shape index (κ1) is 22.9. The molecular formula is C25H31ClN4O. The predicted octanol–water partition coefficient (Wildman–Crippen LogP) is 4.83. The van der Waals surface area contributed by atoms with Crippen LogP contribution in [0.5, 0.6) is 0 Å². The number of anilines is 2. The van der Waals surface area contributed by atoms with Crippen LogP contribution in [-0.2, 0) is 12.8 Å². The number of aryl methyl sites for hydroxylation is 1. The minimum Gasteiger partial charge on any atom is -0.384 e. The van der Waals surface area contributed by atoms with Crippen LogP contribution in [0, 0.1) is 0 Å². The molecule has 0 saturated carbocycles. The molecule has 0 atom stereocenters. The Bertz CT molecular complexity index is 1030. The van der Waals surface area contributed by atoms with Crippen molar-refractivity contribution < 1.29 is 4.79 Å². The molecule has 0 radical (unpaired) electrons. The van der Waals surface area contributed by atoms with E-state index in [2.05, 4.69) is 34.9 Å². The zero-order valence-electron chi connectivity index (χ0n) is 18.3. The average molecular weight is 439 g/mol. The summed E-state index contributed by atoms with van der Waals surface area (Å²) in [6, 6.07) is 16.1. The van der Waals surface area contributed by atoms with Crippen LogP contribution in [0.1, 0.15) is 40.9 Å². The van der Waals surface area contributed by atoms with E-state index in [0.29, 0.717) is 12.1 Å². The van der Waals surface area contributed by atoms with Gasteiger partial charge in [0.05, 0.1) is 5.52 Å². The van der Waals surface area contributed by atoms with Crippen LogP contribution in [0.25, 0.3) is 10.9 Å². The highest BCUT2D eigenvalue weighted by atomic mass is 35.5. The molecule has 1 aliphatic rings. The number of fused-ring (bicyclic) bond motifs is 2. The average Bonchev–Trinajstić information content (AvgIpc) is 2.78. The maximum atomic E-state index is 12.4. The van der Waals surface area contributed by atoms with Gasteiger partial charge in [-0.2, -0.15) is 0 Å². The molecule has 0 bridgehead atoms. The van der Waals surface area contributed by atoms with Gasteiger partial charge in [-0.3, -0.25) is 9.78 Å². The third kappa shape index (κ3) is 5.28. The molecule has 6 heteroatoms. The van der Waals surface area contributed by atoms with Crippen LogP contribution in [0.2, 0.25) is 0 Å². The Morgan fingerprint density at radius 2 is 1.74 bits per heavy atom. The summed E-state index contributed by atoms with van der Waals surface area (Å²) in [6.45, 7) is 1.47. The molecule has 1 amide bonds. The topological polar surface area (TPSA) is 57.3 Å². The first-order chi connectivity index (χ1) is 14.6. The largest absolute Gasteiger partial charge is 0.384 e. The minimum atomic E-state index is -0.0213. The summed E-state index contributed by atoms with van der Waals surface area (Å²) < 4.78 is 0. The summed E-state index contributed by atoms with van der Waals surface area (Å²) in [5.74, 6) is -0.0213. The van der Waals surface area contributed by atoms with Gasteiger partial charge in [-0.25, -0.2) is 0 Å². The van der Waals surface area contributed by atoms with Crippen molar-refractivity contribution in [3.05, 3.63) is 65.4 Å². The van der Waals surface area contributed by atoms with Crippen molar-refractivity contribution in [2.75, 3.05) is 37.4 Å². The van der Waals surface area contributed by atoms with Crippen molar-refractivity contribution >= 4 is 40.6 Å². The number of nitrogens with zero attached hydrogens (tertiary/aromatic N) is 2. The Balaban J connectivity index is 0.00000272. The van der Waals surface area contributed by atoms with Gasteiger partial charge in [0.2, 0.25) is 0 Å². The minimum absolute atomic E-state index is 0. The third-order valence-electron chi connectivity index (χ3n) is 5.76. The van der Waals surface area contributed by atoms with Crippen molar-refractivity contribution in [1.29, 1.82) is 0 Å². The number of pyridine rings is 1. The highest BCUT2D eigenvalue weighted by Crippen LogP contribution is 2.33. The second-order valence-corrected chi connectivity index (χ2v) is 8.11. The molecule has 0 fully saturated rings. The van der Waals surface area contributed by atoms with E-state index in [9.17, 15) is 4.79 Å². The van der Waals surface area contributed by atoms with Gasteiger partial charge in [-0.05, 0) is 68.0 Å². The SMILES string of the molecule is CN(C)c1ccc(C(=O)NCCCNc2c3c(nc4ccccc24)CCCC3)cc1.Cl. The van der Waals surface area contributed by atoms with E-state index in [1.54, 1.807) is 0 Å². The number of halogens is 1. The second-order valence-electron chi connectivity index (χ2n) is 8.11. The lowest BCUT2D eigenvalue weighted by atomic mass is 9.92. The fourth-order valence-electron chi connectivity index (χ4n) is 4.09. The number of para-hydroxylation sites is 1. The van der Waals surface area contributed by atoms with Gasteiger partial charge in [-0.1, -0.05) is 18.2 Å². The first-order valence-electron chi connectivity index (χ1n) is 10.8. The summed E-state index contributed by atoms with van der Waals surface area (Å²) in [4.78, 5) is 19.3. The zero-order chi connectivity index (χ0) is 20.9. The zero-order valence-corrected chi connectivity index (χ0v) is 19.1. The molecule has 3 aromatic rings. The first-order valence-corrected chi connectivity index (χ1v) is 10.8. The van der Waals surface area contributed by atoms with E-state index in [4.69, 9.17) is 4.98 Å². The summed E-state index contributed by atoms with van der Waals surface area (Å²) in [5.41, 5.74) is 6.71. The lowest BCUT2D eigenvalue weighted by Crippen LogP contribution is -2.26. The molecule has 1 aromatic heterocycles. The van der Waals surface area contributed by atoms with E-state index < -0.39 is 0 Å². The third-order valence-corrected chi connectivity index (χ3v) is 5.76. The van der Waals surface area contributed by atoms with Crippen molar-refractivity contribution in [1.82, 2.24) is 10.3 Å². The predicted molar refractivity (Wildman–Crippen MR) is 132 cm³/mol. The number of hydrogen-bond acceptors (Lipinski definition) is 4. The van der Waals surface area contributed by atoms with Gasteiger partial charge in [0.1, 0.15) is 0 Å². The monoisotopic (exact) mass is 438 g/mol. The van der Waals surface area contributed by atoms with Crippen molar-refractivity contribution in [2.24, 2.45) is 0 Å². The van der Waals surface area contributed by atoms with Crippen LogP contribution in [0.4, 0.5) is 11.4 Å². The Kier molecular flexibility index (Phi) is 7.75. The summed E-state index contributed by atoms with van der Waals surface area (Å²) in [7, 11) is 3.98. The van der Waals surface area contributed by atoms with E-state index in [1.807, 2.05) is 43.3 Å². The molecule has 4 rings (SSSR count).